The van der Waals surface area contributed by atoms with Crippen LogP contribution < -0.4 is 10.1 Å². The second kappa shape index (κ2) is 6.33. The predicted octanol–water partition coefficient (Wildman–Crippen LogP) is 2.78. The smallest absolute Gasteiger partial charge is 0.251 e. The zero-order chi connectivity index (χ0) is 13.7. The zero-order valence-corrected chi connectivity index (χ0v) is 12.0. The van der Waals surface area contributed by atoms with Gasteiger partial charge in [0.1, 0.15) is 5.75 Å². The van der Waals surface area contributed by atoms with E-state index in [2.05, 4.69) is 26.2 Å². The van der Waals surface area contributed by atoms with E-state index < -0.39 is 0 Å². The molecule has 2 aromatic rings. The summed E-state index contributed by atoms with van der Waals surface area (Å²) in [6, 6.07) is 9.03. The lowest BCUT2D eigenvalue weighted by Gasteiger charge is -2.10. The third-order valence-corrected chi connectivity index (χ3v) is 3.12. The lowest BCUT2D eigenvalue weighted by Crippen LogP contribution is -2.23. The number of carbonyl (C=O) groups is 1. The molecule has 5 heteroatoms. The molecule has 0 unspecified atom stereocenters. The Kier molecular flexibility index (Phi) is 4.52. The average molecular weight is 321 g/mol. The maximum Gasteiger partial charge on any atom is 0.251 e. The van der Waals surface area contributed by atoms with E-state index >= 15 is 0 Å². The van der Waals surface area contributed by atoms with Crippen LogP contribution in [0, 0.1) is 0 Å². The van der Waals surface area contributed by atoms with Gasteiger partial charge in [-0.25, -0.2) is 0 Å². The molecule has 1 N–H and O–H groups in total. The highest BCUT2D eigenvalue weighted by molar-refractivity contribution is 9.10. The van der Waals surface area contributed by atoms with Crippen LogP contribution in [0.2, 0.25) is 0 Å². The van der Waals surface area contributed by atoms with Gasteiger partial charge in [-0.05, 0) is 30.3 Å². The Balaban J connectivity index is 2.07. The number of methoxy groups -OCH3 is 1. The van der Waals surface area contributed by atoms with Crippen LogP contribution in [0.1, 0.15) is 15.9 Å². The number of halogens is 1. The molecule has 0 bridgehead atoms. The predicted molar refractivity (Wildman–Crippen MR) is 76.1 cm³/mol. The van der Waals surface area contributed by atoms with Crippen LogP contribution >= 0.6 is 15.9 Å². The molecule has 0 saturated carbocycles. The number of aromatic nitrogens is 1. The number of rotatable bonds is 4. The second-order valence-electron chi connectivity index (χ2n) is 3.87. The minimum atomic E-state index is -0.135. The van der Waals surface area contributed by atoms with E-state index in [4.69, 9.17) is 4.74 Å². The van der Waals surface area contributed by atoms with Gasteiger partial charge in [0.2, 0.25) is 0 Å². The molecule has 0 fully saturated rings. The van der Waals surface area contributed by atoms with Gasteiger partial charge in [0.25, 0.3) is 5.91 Å². The number of benzene rings is 1. The maximum absolute atomic E-state index is 11.9. The molecule has 0 spiro atoms. The molecule has 4 nitrogen and oxygen atoms in total. The Morgan fingerprint density at radius 2 is 2.05 bits per heavy atom. The molecule has 0 aliphatic carbocycles. The third-order valence-electron chi connectivity index (χ3n) is 2.62. The largest absolute Gasteiger partial charge is 0.496 e. The monoisotopic (exact) mass is 320 g/mol. The molecular weight excluding hydrogens is 308 g/mol. The lowest BCUT2D eigenvalue weighted by molar-refractivity contribution is 0.0950. The standard InChI is InChI=1S/C14H13BrN2O2/c1-19-13-3-2-12(15)8-11(13)9-17-14(18)10-4-6-16-7-5-10/h2-8H,9H2,1H3,(H,17,18). The van der Waals surface area contributed by atoms with E-state index in [-0.39, 0.29) is 5.91 Å². The van der Waals surface area contributed by atoms with Crippen molar-refractivity contribution >= 4 is 21.8 Å². The highest BCUT2D eigenvalue weighted by Crippen LogP contribution is 2.22. The van der Waals surface area contributed by atoms with Gasteiger partial charge >= 0.3 is 0 Å². The van der Waals surface area contributed by atoms with Crippen LogP contribution in [0.25, 0.3) is 0 Å². The molecule has 19 heavy (non-hydrogen) atoms. The number of pyridine rings is 1. The SMILES string of the molecule is COc1ccc(Br)cc1CNC(=O)c1ccncc1. The van der Waals surface area contributed by atoms with Gasteiger partial charge in [-0.2, -0.15) is 0 Å². The van der Waals surface area contributed by atoms with Crippen molar-refractivity contribution in [3.8, 4) is 5.75 Å². The first-order valence-electron chi connectivity index (χ1n) is 5.71. The quantitative estimate of drug-likeness (QED) is 0.942. The average Bonchev–Trinajstić information content (AvgIpc) is 2.46. The van der Waals surface area contributed by atoms with Crippen molar-refractivity contribution in [3.63, 3.8) is 0 Å². The zero-order valence-electron chi connectivity index (χ0n) is 10.4. The van der Waals surface area contributed by atoms with Crippen molar-refractivity contribution in [1.82, 2.24) is 10.3 Å². The van der Waals surface area contributed by atoms with Crippen LogP contribution in [0.15, 0.2) is 47.2 Å². The van der Waals surface area contributed by atoms with Crippen molar-refractivity contribution < 1.29 is 9.53 Å². The van der Waals surface area contributed by atoms with Crippen LogP contribution in [0.5, 0.6) is 5.75 Å². The Morgan fingerprint density at radius 3 is 2.74 bits per heavy atom. The number of hydrogen-bond donors (Lipinski definition) is 1. The Labute approximate surface area is 119 Å². The molecule has 0 saturated heterocycles. The van der Waals surface area contributed by atoms with E-state index in [1.165, 1.54) is 0 Å². The number of ether oxygens (including phenoxy) is 1. The molecule has 0 aliphatic heterocycles. The normalized spacial score (nSPS) is 10.0. The van der Waals surface area contributed by atoms with Gasteiger partial charge in [-0.1, -0.05) is 15.9 Å². The van der Waals surface area contributed by atoms with Crippen LogP contribution in [0.3, 0.4) is 0 Å². The molecule has 98 valence electrons. The highest BCUT2D eigenvalue weighted by Gasteiger charge is 2.07. The van der Waals surface area contributed by atoms with Crippen molar-refractivity contribution in [3.05, 3.63) is 58.3 Å². The summed E-state index contributed by atoms with van der Waals surface area (Å²) in [6.45, 7) is 0.407. The number of hydrogen-bond acceptors (Lipinski definition) is 3. The van der Waals surface area contributed by atoms with Gasteiger partial charge in [-0.15, -0.1) is 0 Å². The third kappa shape index (κ3) is 3.54. The summed E-state index contributed by atoms with van der Waals surface area (Å²) < 4.78 is 6.20. The van der Waals surface area contributed by atoms with Gasteiger partial charge in [0, 0.05) is 34.5 Å². The number of nitrogens with zero attached hydrogens (tertiary/aromatic N) is 1. The second-order valence-corrected chi connectivity index (χ2v) is 4.79. The Bertz CT molecular complexity index is 573. The van der Waals surface area contributed by atoms with Gasteiger partial charge in [0.05, 0.1) is 7.11 Å². The van der Waals surface area contributed by atoms with Crippen molar-refractivity contribution in [2.45, 2.75) is 6.54 Å². The van der Waals surface area contributed by atoms with Crippen LogP contribution in [-0.4, -0.2) is 18.0 Å². The minimum Gasteiger partial charge on any atom is -0.496 e. The van der Waals surface area contributed by atoms with Crippen molar-refractivity contribution in [2.24, 2.45) is 0 Å². The Morgan fingerprint density at radius 1 is 1.32 bits per heavy atom. The fourth-order valence-electron chi connectivity index (χ4n) is 1.67. The molecular formula is C14H13BrN2O2. The summed E-state index contributed by atoms with van der Waals surface area (Å²) in [7, 11) is 1.61. The molecule has 1 aromatic heterocycles. The fourth-order valence-corrected chi connectivity index (χ4v) is 2.07. The van der Waals surface area contributed by atoms with Crippen LogP contribution in [0.4, 0.5) is 0 Å². The van der Waals surface area contributed by atoms with Gasteiger partial charge in [-0.3, -0.25) is 9.78 Å². The van der Waals surface area contributed by atoms with Gasteiger partial charge in [0.15, 0.2) is 0 Å². The Hall–Kier alpha value is -1.88. The maximum atomic E-state index is 11.9. The molecule has 0 atom stereocenters. The topological polar surface area (TPSA) is 51.2 Å². The first-order valence-corrected chi connectivity index (χ1v) is 6.50. The van der Waals surface area contributed by atoms with Crippen molar-refractivity contribution in [2.75, 3.05) is 7.11 Å². The first-order chi connectivity index (χ1) is 9.20. The molecule has 2 rings (SSSR count). The summed E-state index contributed by atoms with van der Waals surface area (Å²) in [5.74, 6) is 0.614. The first kappa shape index (κ1) is 13.5. The van der Waals surface area contributed by atoms with Gasteiger partial charge < -0.3 is 10.1 Å². The number of nitrogens with one attached hydrogen (secondary N) is 1. The summed E-state index contributed by atoms with van der Waals surface area (Å²) in [5, 5.41) is 2.85. The summed E-state index contributed by atoms with van der Waals surface area (Å²) in [6.07, 6.45) is 3.18. The van der Waals surface area contributed by atoms with Crippen molar-refractivity contribution in [1.29, 1.82) is 0 Å². The lowest BCUT2D eigenvalue weighted by atomic mass is 10.2. The summed E-state index contributed by atoms with van der Waals surface area (Å²) >= 11 is 3.40. The number of amides is 1. The van der Waals surface area contributed by atoms with E-state index in [1.54, 1.807) is 31.6 Å². The van der Waals surface area contributed by atoms with Crippen LogP contribution in [-0.2, 0) is 6.54 Å². The fraction of sp³-hybridized carbons (Fsp3) is 0.143. The van der Waals surface area contributed by atoms with E-state index in [0.29, 0.717) is 12.1 Å². The summed E-state index contributed by atoms with van der Waals surface area (Å²) in [5.41, 5.74) is 1.50. The molecule has 0 radical (unpaired) electrons. The molecule has 0 aliphatic rings. The minimum absolute atomic E-state index is 0.135. The highest BCUT2D eigenvalue weighted by atomic mass is 79.9. The molecule has 1 amide bonds. The summed E-state index contributed by atoms with van der Waals surface area (Å²) in [4.78, 5) is 15.8. The van der Waals surface area contributed by atoms with E-state index in [9.17, 15) is 4.79 Å². The number of carbonyl (C=O) groups excluding carboxylic acids is 1. The van der Waals surface area contributed by atoms with E-state index in [0.717, 1.165) is 15.8 Å². The molecule has 1 heterocycles. The molecule has 1 aromatic carbocycles. The van der Waals surface area contributed by atoms with E-state index in [1.807, 2.05) is 18.2 Å².